The predicted molar refractivity (Wildman–Crippen MR) is 126 cm³/mol. The van der Waals surface area contributed by atoms with Gasteiger partial charge in [-0.05, 0) is 61.4 Å². The number of halogens is 1. The summed E-state index contributed by atoms with van der Waals surface area (Å²) in [6, 6.07) is 18.6. The van der Waals surface area contributed by atoms with E-state index in [0.717, 1.165) is 15.8 Å². The number of carbonyl (C=O) groups excluding carboxylic acids is 1. The fourth-order valence-corrected chi connectivity index (χ4v) is 3.83. The maximum atomic E-state index is 13.9. The van der Waals surface area contributed by atoms with Gasteiger partial charge in [-0.2, -0.15) is 0 Å². The second kappa shape index (κ2) is 8.43. The van der Waals surface area contributed by atoms with Crippen molar-refractivity contribution in [2.24, 2.45) is 0 Å². The Kier molecular flexibility index (Phi) is 5.29. The number of nitrogens with zero attached hydrogens (tertiary/aromatic N) is 4. The molecule has 5 rings (SSSR count). The monoisotopic (exact) mass is 457 g/mol. The molecule has 170 valence electrons. The highest BCUT2D eigenvalue weighted by atomic mass is 19.1. The molecule has 34 heavy (non-hydrogen) atoms. The highest BCUT2D eigenvalue weighted by Crippen LogP contribution is 2.27. The number of hydrogen-bond acceptors (Lipinski definition) is 5. The van der Waals surface area contributed by atoms with E-state index in [1.54, 1.807) is 30.3 Å². The smallest absolute Gasteiger partial charge is 0.351 e. The lowest BCUT2D eigenvalue weighted by molar-refractivity contribution is -0.117. The normalized spacial score (nSPS) is 11.1. The Morgan fingerprint density at radius 3 is 2.50 bits per heavy atom. The van der Waals surface area contributed by atoms with Crippen LogP contribution in [-0.2, 0) is 11.3 Å². The lowest BCUT2D eigenvalue weighted by Crippen LogP contribution is -2.28. The van der Waals surface area contributed by atoms with Crippen molar-refractivity contribution >= 4 is 28.3 Å². The molecule has 9 heteroatoms. The maximum Gasteiger partial charge on any atom is 0.351 e. The number of aromatic nitrogens is 4. The number of para-hydroxylation sites is 3. The number of anilines is 1. The van der Waals surface area contributed by atoms with E-state index in [-0.39, 0.29) is 17.2 Å². The summed E-state index contributed by atoms with van der Waals surface area (Å²) >= 11 is 0. The van der Waals surface area contributed by atoms with E-state index >= 15 is 0 Å². The van der Waals surface area contributed by atoms with Crippen molar-refractivity contribution in [3.05, 3.63) is 94.2 Å². The van der Waals surface area contributed by atoms with Gasteiger partial charge in [-0.25, -0.2) is 23.3 Å². The van der Waals surface area contributed by atoms with Gasteiger partial charge in [0.05, 0.1) is 16.7 Å². The van der Waals surface area contributed by atoms with Crippen molar-refractivity contribution in [1.29, 1.82) is 0 Å². The lowest BCUT2D eigenvalue weighted by Gasteiger charge is -2.09. The molecule has 0 bridgehead atoms. The zero-order valence-corrected chi connectivity index (χ0v) is 18.4. The summed E-state index contributed by atoms with van der Waals surface area (Å²) in [7, 11) is 0. The predicted octanol–water partition coefficient (Wildman–Crippen LogP) is 4.23. The molecule has 0 saturated carbocycles. The van der Waals surface area contributed by atoms with Crippen LogP contribution >= 0.6 is 0 Å². The van der Waals surface area contributed by atoms with Gasteiger partial charge in [0.2, 0.25) is 11.6 Å². The number of benzene rings is 3. The fourth-order valence-electron chi connectivity index (χ4n) is 3.83. The van der Waals surface area contributed by atoms with E-state index in [1.165, 1.54) is 22.6 Å². The molecule has 0 aliphatic carbocycles. The largest absolute Gasteiger partial charge is 0.436 e. The summed E-state index contributed by atoms with van der Waals surface area (Å²) in [6.07, 6.45) is 0. The minimum absolute atomic E-state index is 0.0234. The highest BCUT2D eigenvalue weighted by molar-refractivity contribution is 5.90. The molecule has 3 aromatic carbocycles. The van der Waals surface area contributed by atoms with E-state index < -0.39 is 24.0 Å². The van der Waals surface area contributed by atoms with Crippen molar-refractivity contribution in [2.45, 2.75) is 20.4 Å². The third-order valence-electron chi connectivity index (χ3n) is 5.23. The summed E-state index contributed by atoms with van der Waals surface area (Å²) in [5.74, 6) is -0.474. The van der Waals surface area contributed by atoms with Crippen LogP contribution in [0.5, 0.6) is 11.6 Å². The SMILES string of the molecule is Cc1cc(C)cc(Oc2nc3ccccc3n3c(=O)n(CC(=O)Nc4ccccc4F)nc23)c1. The third kappa shape index (κ3) is 3.99. The minimum Gasteiger partial charge on any atom is -0.436 e. The summed E-state index contributed by atoms with van der Waals surface area (Å²) in [5, 5.41) is 6.80. The second-order valence-corrected chi connectivity index (χ2v) is 7.96. The molecule has 0 radical (unpaired) electrons. The summed E-state index contributed by atoms with van der Waals surface area (Å²) in [5.41, 5.74) is 2.74. The molecule has 0 unspecified atom stereocenters. The number of fused-ring (bicyclic) bond motifs is 3. The molecule has 0 saturated heterocycles. The van der Waals surface area contributed by atoms with E-state index in [9.17, 15) is 14.0 Å². The van der Waals surface area contributed by atoms with Gasteiger partial charge in [-0.3, -0.25) is 4.79 Å². The van der Waals surface area contributed by atoms with Gasteiger partial charge >= 0.3 is 5.69 Å². The molecule has 2 aromatic heterocycles. The zero-order valence-electron chi connectivity index (χ0n) is 18.4. The van der Waals surface area contributed by atoms with Gasteiger partial charge in [0.1, 0.15) is 18.1 Å². The van der Waals surface area contributed by atoms with E-state index in [0.29, 0.717) is 16.8 Å². The quantitative estimate of drug-likeness (QED) is 0.427. The van der Waals surface area contributed by atoms with Gasteiger partial charge < -0.3 is 10.1 Å². The topological polar surface area (TPSA) is 90.5 Å². The number of nitrogens with one attached hydrogen (secondary N) is 1. The fraction of sp³-hybridized carbons (Fsp3) is 0.120. The van der Waals surface area contributed by atoms with Crippen molar-refractivity contribution in [3.63, 3.8) is 0 Å². The van der Waals surface area contributed by atoms with E-state index in [1.807, 2.05) is 32.0 Å². The Hall–Kier alpha value is -4.53. The Morgan fingerprint density at radius 1 is 1.03 bits per heavy atom. The average molecular weight is 457 g/mol. The second-order valence-electron chi connectivity index (χ2n) is 7.96. The first kappa shape index (κ1) is 21.3. The number of aryl methyl sites for hydroxylation is 2. The standard InChI is InChI=1S/C25H20FN5O3/c1-15-11-16(2)13-17(12-15)34-24-23-29-30(14-22(32)27-19-8-4-3-7-18(19)26)25(33)31(23)21-10-6-5-9-20(21)28-24/h3-13H,14H2,1-2H3,(H,27,32). The first-order chi connectivity index (χ1) is 16.4. The number of hydrogen-bond donors (Lipinski definition) is 1. The average Bonchev–Trinajstić information content (AvgIpc) is 3.11. The molecule has 2 heterocycles. The summed E-state index contributed by atoms with van der Waals surface area (Å²) < 4.78 is 22.3. The van der Waals surface area contributed by atoms with E-state index in [4.69, 9.17) is 4.74 Å². The van der Waals surface area contributed by atoms with Gasteiger partial charge in [0, 0.05) is 0 Å². The number of ether oxygens (including phenoxy) is 1. The van der Waals surface area contributed by atoms with Crippen molar-refractivity contribution in [2.75, 3.05) is 5.32 Å². The van der Waals surface area contributed by atoms with Gasteiger partial charge in [0.25, 0.3) is 5.88 Å². The van der Waals surface area contributed by atoms with Crippen molar-refractivity contribution < 1.29 is 13.9 Å². The van der Waals surface area contributed by atoms with Crippen molar-refractivity contribution in [3.8, 4) is 11.6 Å². The van der Waals surface area contributed by atoms with Crippen LogP contribution in [0.25, 0.3) is 16.7 Å². The Bertz CT molecular complexity index is 1600. The first-order valence-corrected chi connectivity index (χ1v) is 10.6. The first-order valence-electron chi connectivity index (χ1n) is 10.6. The summed E-state index contributed by atoms with van der Waals surface area (Å²) in [6.45, 7) is 3.50. The van der Waals surface area contributed by atoms with E-state index in [2.05, 4.69) is 15.4 Å². The molecule has 0 spiro atoms. The maximum absolute atomic E-state index is 13.9. The molecule has 0 atom stereocenters. The van der Waals surface area contributed by atoms with Crippen LogP contribution in [-0.4, -0.2) is 25.1 Å². The highest BCUT2D eigenvalue weighted by Gasteiger charge is 2.19. The third-order valence-corrected chi connectivity index (χ3v) is 5.23. The lowest BCUT2D eigenvalue weighted by atomic mass is 10.1. The van der Waals surface area contributed by atoms with Crippen LogP contribution in [0.2, 0.25) is 0 Å². The van der Waals surface area contributed by atoms with Gasteiger partial charge in [-0.15, -0.1) is 5.10 Å². The number of amides is 1. The molecular formula is C25H20FN5O3. The van der Waals surface area contributed by atoms with Crippen LogP contribution in [0.3, 0.4) is 0 Å². The zero-order chi connectivity index (χ0) is 23.8. The van der Waals surface area contributed by atoms with Crippen LogP contribution in [0.15, 0.2) is 71.5 Å². The Morgan fingerprint density at radius 2 is 1.74 bits per heavy atom. The van der Waals surface area contributed by atoms with Gasteiger partial charge in [-0.1, -0.05) is 30.3 Å². The van der Waals surface area contributed by atoms with Crippen LogP contribution in [0, 0.1) is 19.7 Å². The number of rotatable bonds is 5. The Balaban J connectivity index is 1.58. The van der Waals surface area contributed by atoms with Crippen LogP contribution in [0.1, 0.15) is 11.1 Å². The molecule has 1 N–H and O–H groups in total. The van der Waals surface area contributed by atoms with Crippen LogP contribution < -0.4 is 15.7 Å². The Labute approximate surface area is 193 Å². The molecule has 0 aliphatic rings. The number of carbonyl (C=O) groups is 1. The molecule has 0 aliphatic heterocycles. The van der Waals surface area contributed by atoms with Gasteiger partial charge in [0.15, 0.2) is 0 Å². The molecule has 8 nitrogen and oxygen atoms in total. The molecule has 0 fully saturated rings. The molecule has 5 aromatic rings. The van der Waals surface area contributed by atoms with Crippen molar-refractivity contribution in [1.82, 2.24) is 19.2 Å². The van der Waals surface area contributed by atoms with Crippen LogP contribution in [0.4, 0.5) is 10.1 Å². The molecular weight excluding hydrogens is 437 g/mol. The minimum atomic E-state index is -0.593. The summed E-state index contributed by atoms with van der Waals surface area (Å²) in [4.78, 5) is 30.3. The molecule has 1 amide bonds.